The zero-order valence-corrected chi connectivity index (χ0v) is 24.0. The lowest BCUT2D eigenvalue weighted by Gasteiger charge is -2.28. The number of nitrogens with zero attached hydrogens (tertiary/aromatic N) is 1. The molecule has 0 spiro atoms. The van der Waals surface area contributed by atoms with Crippen molar-refractivity contribution in [2.75, 3.05) is 4.90 Å². The van der Waals surface area contributed by atoms with Crippen LogP contribution in [-0.4, -0.2) is 0 Å². The molecule has 0 atom stereocenters. The third-order valence-corrected chi connectivity index (χ3v) is 9.59. The molecule has 0 N–H and O–H groups in total. The van der Waals surface area contributed by atoms with Crippen LogP contribution in [0.4, 0.5) is 17.1 Å². The van der Waals surface area contributed by atoms with Crippen molar-refractivity contribution < 1.29 is 4.74 Å². The van der Waals surface area contributed by atoms with Crippen LogP contribution in [0.25, 0.3) is 53.2 Å². The molecule has 9 rings (SSSR count). The summed E-state index contributed by atoms with van der Waals surface area (Å²) in [7, 11) is 0. The minimum Gasteiger partial charge on any atom is -0.456 e. The van der Waals surface area contributed by atoms with E-state index in [4.69, 9.17) is 4.74 Å². The maximum Gasteiger partial charge on any atom is 0.137 e. The molecular formula is C40H25NOS. The van der Waals surface area contributed by atoms with Crippen LogP contribution in [0, 0.1) is 0 Å². The predicted molar refractivity (Wildman–Crippen MR) is 182 cm³/mol. The van der Waals surface area contributed by atoms with Gasteiger partial charge in [-0.05, 0) is 70.6 Å². The Bertz CT molecular complexity index is 2320. The molecule has 0 saturated carbocycles. The number of hydrogen-bond donors (Lipinski definition) is 0. The van der Waals surface area contributed by atoms with Crippen LogP contribution in [-0.2, 0) is 0 Å². The Kier molecular flexibility index (Phi) is 5.40. The molecule has 2 heterocycles. The number of fused-ring (bicyclic) bond motifs is 5. The van der Waals surface area contributed by atoms with Gasteiger partial charge in [-0.15, -0.1) is 11.3 Å². The van der Waals surface area contributed by atoms with E-state index in [9.17, 15) is 0 Å². The Labute approximate surface area is 253 Å². The molecule has 0 amide bonds. The van der Waals surface area contributed by atoms with Crippen molar-refractivity contribution in [3.63, 3.8) is 0 Å². The monoisotopic (exact) mass is 567 g/mol. The molecular weight excluding hydrogens is 543 g/mol. The van der Waals surface area contributed by atoms with Gasteiger partial charge in [0.2, 0.25) is 0 Å². The van der Waals surface area contributed by atoms with E-state index < -0.39 is 0 Å². The first-order valence-corrected chi connectivity index (χ1v) is 15.3. The summed E-state index contributed by atoms with van der Waals surface area (Å²) in [5, 5.41) is 4.98. The average molecular weight is 568 g/mol. The summed E-state index contributed by atoms with van der Waals surface area (Å²) >= 11 is 1.84. The molecule has 2 nitrogen and oxygen atoms in total. The van der Waals surface area contributed by atoms with Crippen molar-refractivity contribution in [1.82, 2.24) is 0 Å². The van der Waals surface area contributed by atoms with Gasteiger partial charge in [0, 0.05) is 54.3 Å². The molecule has 3 heteroatoms. The maximum atomic E-state index is 6.69. The molecule has 43 heavy (non-hydrogen) atoms. The number of para-hydroxylation sites is 1. The number of anilines is 3. The molecule has 1 aromatic heterocycles. The van der Waals surface area contributed by atoms with E-state index in [1.807, 2.05) is 11.3 Å². The maximum absolute atomic E-state index is 6.69. The lowest BCUT2D eigenvalue weighted by atomic mass is 9.90. The van der Waals surface area contributed by atoms with Gasteiger partial charge in [0.05, 0.1) is 0 Å². The Morgan fingerprint density at radius 2 is 1.12 bits per heavy atom. The molecule has 202 valence electrons. The summed E-state index contributed by atoms with van der Waals surface area (Å²) in [6, 6.07) is 54.1. The molecule has 7 aromatic carbocycles. The molecule has 0 aliphatic carbocycles. The number of thiophene rings is 1. The predicted octanol–water partition coefficient (Wildman–Crippen LogP) is 12.1. The largest absolute Gasteiger partial charge is 0.456 e. The second kappa shape index (κ2) is 9.59. The number of benzene rings is 7. The highest BCUT2D eigenvalue weighted by atomic mass is 32.1. The van der Waals surface area contributed by atoms with Gasteiger partial charge in [0.25, 0.3) is 0 Å². The van der Waals surface area contributed by atoms with Gasteiger partial charge in [-0.3, -0.25) is 0 Å². The van der Waals surface area contributed by atoms with Crippen LogP contribution in [0.3, 0.4) is 0 Å². The van der Waals surface area contributed by atoms with E-state index >= 15 is 0 Å². The number of hydrogen-bond acceptors (Lipinski definition) is 3. The van der Waals surface area contributed by atoms with Gasteiger partial charge in [0.15, 0.2) is 0 Å². The Balaban J connectivity index is 1.20. The highest BCUT2D eigenvalue weighted by Crippen LogP contribution is 2.50. The highest BCUT2D eigenvalue weighted by molar-refractivity contribution is 7.25. The fourth-order valence-electron chi connectivity index (χ4n) is 6.51. The van der Waals surface area contributed by atoms with E-state index in [0.29, 0.717) is 0 Å². The molecule has 0 bridgehead atoms. The first-order chi connectivity index (χ1) is 21.3. The SMILES string of the molecule is c1ccc(-c2ccc3c4c(cccc24)-c2ccc(N(c4ccccc4)c4ccc5c(c4)sc4ccccc45)cc2O3)cc1. The summed E-state index contributed by atoms with van der Waals surface area (Å²) in [5.41, 5.74) is 8.03. The van der Waals surface area contributed by atoms with E-state index in [1.54, 1.807) is 0 Å². The first kappa shape index (κ1) is 24.2. The zero-order valence-electron chi connectivity index (χ0n) is 23.2. The van der Waals surface area contributed by atoms with Gasteiger partial charge in [-0.2, -0.15) is 0 Å². The lowest BCUT2D eigenvalue weighted by Crippen LogP contribution is -2.10. The lowest BCUT2D eigenvalue weighted by molar-refractivity contribution is 0.487. The van der Waals surface area contributed by atoms with Crippen molar-refractivity contribution in [1.29, 1.82) is 0 Å². The molecule has 0 radical (unpaired) electrons. The summed E-state index contributed by atoms with van der Waals surface area (Å²) in [6.07, 6.45) is 0. The summed E-state index contributed by atoms with van der Waals surface area (Å²) in [6.45, 7) is 0. The zero-order chi connectivity index (χ0) is 28.3. The second-order valence-electron chi connectivity index (χ2n) is 10.9. The van der Waals surface area contributed by atoms with Crippen molar-refractivity contribution in [2.24, 2.45) is 0 Å². The van der Waals surface area contributed by atoms with Crippen LogP contribution in [0.1, 0.15) is 0 Å². The smallest absolute Gasteiger partial charge is 0.137 e. The molecule has 0 fully saturated rings. The van der Waals surface area contributed by atoms with E-state index in [1.165, 1.54) is 47.6 Å². The second-order valence-corrected chi connectivity index (χ2v) is 12.0. The summed E-state index contributed by atoms with van der Waals surface area (Å²) in [5.74, 6) is 1.77. The van der Waals surface area contributed by atoms with Crippen LogP contribution >= 0.6 is 11.3 Å². The van der Waals surface area contributed by atoms with Crippen LogP contribution in [0.2, 0.25) is 0 Å². The molecule has 0 unspecified atom stereocenters. The Morgan fingerprint density at radius 3 is 2.00 bits per heavy atom. The van der Waals surface area contributed by atoms with Gasteiger partial charge in [-0.1, -0.05) is 97.1 Å². The third kappa shape index (κ3) is 3.86. The topological polar surface area (TPSA) is 12.5 Å². The fraction of sp³-hybridized carbons (Fsp3) is 0. The van der Waals surface area contributed by atoms with Crippen LogP contribution in [0.15, 0.2) is 152 Å². The molecule has 8 aromatic rings. The van der Waals surface area contributed by atoms with Crippen molar-refractivity contribution in [2.45, 2.75) is 0 Å². The molecule has 0 saturated heterocycles. The minimum absolute atomic E-state index is 0.869. The standard InChI is InChI=1S/C40H25NOS/c1-3-10-26(11-4-1)30-22-23-36-40-34(30)15-9-16-35(40)31-20-18-28(24-37(31)42-36)41(27-12-5-2-6-13-27)29-19-21-33-32-14-7-8-17-38(32)43-39(33)25-29/h1-25H. The van der Waals surface area contributed by atoms with Crippen LogP contribution < -0.4 is 9.64 Å². The van der Waals surface area contributed by atoms with Crippen molar-refractivity contribution in [3.8, 4) is 33.8 Å². The molecule has 1 aliphatic heterocycles. The molecule has 1 aliphatic rings. The first-order valence-electron chi connectivity index (χ1n) is 14.5. The summed E-state index contributed by atoms with van der Waals surface area (Å²) < 4.78 is 9.28. The number of ether oxygens (including phenoxy) is 1. The van der Waals surface area contributed by atoms with Gasteiger partial charge in [0.1, 0.15) is 11.5 Å². The minimum atomic E-state index is 0.869. The van der Waals surface area contributed by atoms with Gasteiger partial charge in [-0.25, -0.2) is 0 Å². The summed E-state index contributed by atoms with van der Waals surface area (Å²) in [4.78, 5) is 2.32. The highest BCUT2D eigenvalue weighted by Gasteiger charge is 2.24. The Morgan fingerprint density at radius 1 is 0.419 bits per heavy atom. The fourth-order valence-corrected chi connectivity index (χ4v) is 7.65. The van der Waals surface area contributed by atoms with E-state index in [2.05, 4.69) is 157 Å². The van der Waals surface area contributed by atoms with Crippen molar-refractivity contribution in [3.05, 3.63) is 152 Å². The van der Waals surface area contributed by atoms with E-state index in [0.717, 1.165) is 34.1 Å². The van der Waals surface area contributed by atoms with Gasteiger partial charge >= 0.3 is 0 Å². The quantitative estimate of drug-likeness (QED) is 0.210. The number of rotatable bonds is 4. The van der Waals surface area contributed by atoms with Gasteiger partial charge < -0.3 is 9.64 Å². The van der Waals surface area contributed by atoms with Crippen LogP contribution in [0.5, 0.6) is 11.5 Å². The average Bonchev–Trinajstić information content (AvgIpc) is 3.44. The third-order valence-electron chi connectivity index (χ3n) is 8.46. The Hall–Kier alpha value is -5.38. The van der Waals surface area contributed by atoms with E-state index in [-0.39, 0.29) is 0 Å². The van der Waals surface area contributed by atoms with Crippen molar-refractivity contribution >= 4 is 59.3 Å². The normalized spacial score (nSPS) is 11.9.